The van der Waals surface area contributed by atoms with Gasteiger partial charge in [0.25, 0.3) is 0 Å². The Labute approximate surface area is 128 Å². The first-order valence-corrected chi connectivity index (χ1v) is 5.38. The number of halogens is 4. The molecule has 1 saturated heterocycles. The van der Waals surface area contributed by atoms with Crippen LogP contribution in [0.15, 0.2) is 22.7 Å². The first kappa shape index (κ1) is 5.32. The average molecular weight is 334 g/mol. The maximum absolute atomic E-state index is 13.0. The van der Waals surface area contributed by atoms with Crippen molar-refractivity contribution in [2.75, 3.05) is 37.9 Å². The highest BCUT2D eigenvalue weighted by atomic mass is 79.9. The summed E-state index contributed by atoms with van der Waals surface area (Å²) in [4.78, 5) is -0.532. The van der Waals surface area contributed by atoms with Gasteiger partial charge in [0, 0.05) is 45.7 Å². The molecule has 0 aliphatic carbocycles. The predicted octanol–water partition coefficient (Wildman–Crippen LogP) is 3.22. The van der Waals surface area contributed by atoms with E-state index in [-0.39, 0.29) is 4.90 Å². The molecule has 100 valence electrons. The van der Waals surface area contributed by atoms with E-state index in [0.29, 0.717) is 18.2 Å². The summed E-state index contributed by atoms with van der Waals surface area (Å²) in [6.07, 6.45) is -4.79. The van der Waals surface area contributed by atoms with Crippen LogP contribution in [0.3, 0.4) is 0 Å². The lowest BCUT2D eigenvalue weighted by Gasteiger charge is -2.34. The van der Waals surface area contributed by atoms with Crippen molar-refractivity contribution in [3.8, 4) is 0 Å². The Morgan fingerprint density at radius 1 is 1.28 bits per heavy atom. The molecule has 1 aromatic rings. The zero-order chi connectivity index (χ0) is 23.0. The van der Waals surface area contributed by atoms with E-state index in [2.05, 4.69) is 15.9 Å². The van der Waals surface area contributed by atoms with Crippen LogP contribution in [0.5, 0.6) is 0 Å². The van der Waals surface area contributed by atoms with Gasteiger partial charge in [-0.05, 0) is 25.2 Å². The standard InChI is InChI=1S/C12H14BrF3N2/c1-17-4-6-18(7-5-17)9-2-3-10(11(13)8-9)12(14,15)16/h2-3,8H,4-7H2,1H3/i1D3,4D2,5D2,6D2,7D2. The fourth-order valence-corrected chi connectivity index (χ4v) is 1.85. The summed E-state index contributed by atoms with van der Waals surface area (Å²) in [5.74, 6) is 0. The van der Waals surface area contributed by atoms with Crippen molar-refractivity contribution in [3.05, 3.63) is 28.2 Å². The van der Waals surface area contributed by atoms with Gasteiger partial charge in [-0.25, -0.2) is 0 Å². The second-order valence-electron chi connectivity index (χ2n) is 3.28. The van der Waals surface area contributed by atoms with E-state index < -0.39 is 59.8 Å². The van der Waals surface area contributed by atoms with Gasteiger partial charge in [-0.1, -0.05) is 15.9 Å². The molecule has 2 nitrogen and oxygen atoms in total. The van der Waals surface area contributed by atoms with Crippen molar-refractivity contribution in [2.24, 2.45) is 0 Å². The molecule has 18 heavy (non-hydrogen) atoms. The van der Waals surface area contributed by atoms with Gasteiger partial charge in [-0.2, -0.15) is 13.2 Å². The molecule has 0 radical (unpaired) electrons. The van der Waals surface area contributed by atoms with Gasteiger partial charge in [0.2, 0.25) is 0 Å². The van der Waals surface area contributed by atoms with Gasteiger partial charge in [0.05, 0.1) is 11.0 Å². The zero-order valence-corrected chi connectivity index (χ0v) is 10.2. The lowest BCUT2D eigenvalue weighted by molar-refractivity contribution is -0.138. The number of likely N-dealkylation sites (N-methyl/N-ethyl adjacent to an activating group) is 1. The Bertz CT molecular complexity index is 781. The van der Waals surface area contributed by atoms with Crippen LogP contribution in [-0.2, 0) is 6.18 Å². The van der Waals surface area contributed by atoms with E-state index in [1.54, 1.807) is 0 Å². The summed E-state index contributed by atoms with van der Waals surface area (Å²) in [7, 11) is 0. The molecule has 1 aliphatic heterocycles. The monoisotopic (exact) mass is 333 g/mol. The van der Waals surface area contributed by atoms with Gasteiger partial charge < -0.3 is 9.80 Å². The number of anilines is 1. The van der Waals surface area contributed by atoms with Gasteiger partial charge >= 0.3 is 6.18 Å². The van der Waals surface area contributed by atoms with Crippen LogP contribution in [0, 0.1) is 0 Å². The van der Waals surface area contributed by atoms with Crippen molar-refractivity contribution < 1.29 is 28.2 Å². The molecular weight excluding hydrogens is 309 g/mol. The fourth-order valence-electron chi connectivity index (χ4n) is 1.26. The lowest BCUT2D eigenvalue weighted by Crippen LogP contribution is -2.44. The largest absolute Gasteiger partial charge is 0.417 e. The predicted molar refractivity (Wildman–Crippen MR) is 68.9 cm³/mol. The van der Waals surface area contributed by atoms with Crippen LogP contribution >= 0.6 is 15.9 Å². The van der Waals surface area contributed by atoms with Crippen LogP contribution in [-0.4, -0.2) is 37.9 Å². The Morgan fingerprint density at radius 2 is 1.94 bits per heavy atom. The Balaban J connectivity index is 2.78. The highest BCUT2D eigenvalue weighted by molar-refractivity contribution is 9.10. The number of hydrogen-bond donors (Lipinski definition) is 0. The molecule has 1 aromatic carbocycles. The quantitative estimate of drug-likeness (QED) is 0.778. The molecule has 0 N–H and O–H groups in total. The van der Waals surface area contributed by atoms with E-state index >= 15 is 0 Å². The Morgan fingerprint density at radius 3 is 2.44 bits per heavy atom. The number of piperazine rings is 1. The number of hydrogen-bond acceptors (Lipinski definition) is 2. The van der Waals surface area contributed by atoms with Gasteiger partial charge in [-0.15, -0.1) is 0 Å². The molecule has 0 spiro atoms. The van der Waals surface area contributed by atoms with E-state index in [9.17, 15) is 13.2 Å². The third-order valence-electron chi connectivity index (χ3n) is 2.06. The second kappa shape index (κ2) is 5.09. The first-order valence-electron chi connectivity index (χ1n) is 10.1. The molecule has 0 unspecified atom stereocenters. The van der Waals surface area contributed by atoms with Crippen LogP contribution in [0.2, 0.25) is 0 Å². The number of benzene rings is 1. The highest BCUT2D eigenvalue weighted by Gasteiger charge is 2.33. The molecule has 1 fully saturated rings. The summed E-state index contributed by atoms with van der Waals surface area (Å²) >= 11 is 2.65. The molecule has 0 bridgehead atoms. The van der Waals surface area contributed by atoms with Crippen molar-refractivity contribution in [2.45, 2.75) is 6.18 Å². The van der Waals surface area contributed by atoms with Gasteiger partial charge in [0.15, 0.2) is 0 Å². The van der Waals surface area contributed by atoms with E-state index in [4.69, 9.17) is 15.1 Å². The average Bonchev–Trinajstić information content (AvgIpc) is 2.41. The molecule has 1 aliphatic rings. The van der Waals surface area contributed by atoms with Gasteiger partial charge in [0.1, 0.15) is 0 Å². The molecule has 0 atom stereocenters. The van der Waals surface area contributed by atoms with Crippen LogP contribution < -0.4 is 4.90 Å². The molecule has 6 heteroatoms. The fraction of sp³-hybridized carbons (Fsp3) is 0.500. The van der Waals surface area contributed by atoms with E-state index in [1.807, 2.05) is 0 Å². The SMILES string of the molecule is [2H]C([2H])([2H])N1C([2H])([2H])C([2H])([2H])N(c2ccc(C(F)(F)F)c(Br)c2)C([2H])([2H])C1([2H])[2H]. The van der Waals surface area contributed by atoms with Crippen molar-refractivity contribution >= 4 is 21.6 Å². The topological polar surface area (TPSA) is 6.48 Å². The summed E-state index contributed by atoms with van der Waals surface area (Å²) in [5.41, 5.74) is -1.80. The number of nitrogens with zero attached hydrogens (tertiary/aromatic N) is 2. The van der Waals surface area contributed by atoms with Crippen molar-refractivity contribution in [1.29, 1.82) is 0 Å². The maximum atomic E-state index is 13.0. The number of rotatable bonds is 1. The molecule has 1 heterocycles. The van der Waals surface area contributed by atoms with Crippen LogP contribution in [0.4, 0.5) is 18.9 Å². The molecular formula is C12H14BrF3N2. The molecule has 0 amide bonds. The summed E-state index contributed by atoms with van der Waals surface area (Å²) in [6, 6.07) is 1.81. The second-order valence-corrected chi connectivity index (χ2v) is 4.13. The van der Waals surface area contributed by atoms with E-state index in [1.165, 1.54) is 0 Å². The Hall–Kier alpha value is -0.750. The summed E-state index contributed by atoms with van der Waals surface area (Å²) in [6.45, 7) is -17.8. The zero-order valence-electron chi connectivity index (χ0n) is 19.6. The third kappa shape index (κ3) is 2.98. The smallest absolute Gasteiger partial charge is 0.369 e. The lowest BCUT2D eigenvalue weighted by atomic mass is 10.1. The first-order chi connectivity index (χ1) is 12.6. The summed E-state index contributed by atoms with van der Waals surface area (Å²) in [5, 5.41) is 0. The number of alkyl halides is 3. The van der Waals surface area contributed by atoms with Crippen molar-refractivity contribution in [3.63, 3.8) is 0 Å². The minimum Gasteiger partial charge on any atom is -0.369 e. The molecule has 0 aromatic heterocycles. The Kier molecular flexibility index (Phi) is 1.51. The van der Waals surface area contributed by atoms with Crippen LogP contribution in [0.25, 0.3) is 0 Å². The van der Waals surface area contributed by atoms with Crippen molar-refractivity contribution in [1.82, 2.24) is 4.90 Å². The van der Waals surface area contributed by atoms with Crippen LogP contribution in [0.1, 0.15) is 20.6 Å². The summed E-state index contributed by atoms with van der Waals surface area (Å²) < 4.78 is 125. The van der Waals surface area contributed by atoms with Gasteiger partial charge in [-0.3, -0.25) is 0 Å². The normalized spacial score (nSPS) is 39.1. The minimum absolute atomic E-state index is 0.0207. The van der Waals surface area contributed by atoms with E-state index in [0.717, 1.165) is 0 Å². The molecule has 2 rings (SSSR count). The third-order valence-corrected chi connectivity index (χ3v) is 2.72. The maximum Gasteiger partial charge on any atom is 0.417 e. The minimum atomic E-state index is -4.79. The molecule has 0 saturated carbocycles. The highest BCUT2D eigenvalue weighted by Crippen LogP contribution is 2.36.